The molecule has 0 spiro atoms. The molecule has 142 valence electrons. The second-order valence-corrected chi connectivity index (χ2v) is 7.52. The number of hydrogen-bond acceptors (Lipinski definition) is 4. The van der Waals surface area contributed by atoms with Gasteiger partial charge in [-0.1, -0.05) is 13.8 Å². The van der Waals surface area contributed by atoms with E-state index in [2.05, 4.69) is 41.4 Å². The van der Waals surface area contributed by atoms with Crippen LogP contribution in [0.1, 0.15) is 56.7 Å². The van der Waals surface area contributed by atoms with Crippen molar-refractivity contribution in [1.82, 2.24) is 15.2 Å². The highest BCUT2D eigenvalue weighted by Gasteiger charge is 2.23. The van der Waals surface area contributed by atoms with Crippen molar-refractivity contribution in [3.05, 3.63) is 16.1 Å². The molecule has 6 nitrogen and oxygen atoms in total. The van der Waals surface area contributed by atoms with E-state index in [1.54, 1.807) is 11.3 Å². The van der Waals surface area contributed by atoms with Crippen LogP contribution in [0.4, 0.5) is 0 Å². The van der Waals surface area contributed by atoms with Crippen LogP contribution < -0.4 is 11.1 Å². The van der Waals surface area contributed by atoms with E-state index in [-0.39, 0.29) is 29.9 Å². The number of nitrogens with two attached hydrogens (primary N) is 1. The Kier molecular flexibility index (Phi) is 9.70. The van der Waals surface area contributed by atoms with Crippen LogP contribution in [0.25, 0.3) is 0 Å². The monoisotopic (exact) mass is 479 g/mol. The molecule has 0 aliphatic carbocycles. The van der Waals surface area contributed by atoms with Gasteiger partial charge in [0.2, 0.25) is 5.91 Å². The number of aliphatic imine (C=N–C) groups is 1. The van der Waals surface area contributed by atoms with Crippen molar-refractivity contribution >= 4 is 47.2 Å². The van der Waals surface area contributed by atoms with Gasteiger partial charge in [-0.15, -0.1) is 35.3 Å². The first-order chi connectivity index (χ1) is 11.5. The van der Waals surface area contributed by atoms with Crippen LogP contribution in [0.2, 0.25) is 0 Å². The molecule has 3 N–H and O–H groups in total. The number of carbonyl (C=O) groups excluding carboxylic acids is 1. The zero-order chi connectivity index (χ0) is 17.5. The molecule has 1 aromatic rings. The molecule has 1 amide bonds. The number of rotatable bonds is 6. The van der Waals surface area contributed by atoms with Crippen LogP contribution in [0.5, 0.6) is 0 Å². The van der Waals surface area contributed by atoms with E-state index in [1.807, 2.05) is 0 Å². The van der Waals surface area contributed by atoms with Gasteiger partial charge in [0.25, 0.3) is 0 Å². The van der Waals surface area contributed by atoms with E-state index >= 15 is 0 Å². The minimum atomic E-state index is -0.215. The van der Waals surface area contributed by atoms with Gasteiger partial charge in [-0.05, 0) is 25.7 Å². The highest BCUT2D eigenvalue weighted by Crippen LogP contribution is 2.21. The van der Waals surface area contributed by atoms with E-state index < -0.39 is 0 Å². The lowest BCUT2D eigenvalue weighted by atomic mass is 9.95. The normalized spacial score (nSPS) is 18.2. The number of likely N-dealkylation sites (tertiary alicyclic amines) is 1. The molecular weight excluding hydrogens is 449 g/mol. The molecule has 1 aromatic heterocycles. The number of piperidine rings is 1. The molecule has 1 unspecified atom stereocenters. The molecule has 1 saturated heterocycles. The smallest absolute Gasteiger partial charge is 0.217 e. The molecule has 2 heterocycles. The number of aromatic nitrogens is 1. The number of amides is 1. The van der Waals surface area contributed by atoms with Crippen molar-refractivity contribution in [3.8, 4) is 0 Å². The summed E-state index contributed by atoms with van der Waals surface area (Å²) in [5.74, 6) is 1.47. The fourth-order valence-electron chi connectivity index (χ4n) is 2.95. The molecule has 1 aliphatic heterocycles. The molecule has 1 fully saturated rings. The molecule has 0 aromatic carbocycles. The summed E-state index contributed by atoms with van der Waals surface area (Å²) in [7, 11) is 0. The molecular formula is C17H30IN5OS. The molecule has 1 atom stereocenters. The number of thiazole rings is 1. The number of guanidine groups is 1. The Morgan fingerprint density at radius 3 is 2.92 bits per heavy atom. The van der Waals surface area contributed by atoms with Crippen molar-refractivity contribution in [2.24, 2.45) is 16.6 Å². The van der Waals surface area contributed by atoms with Gasteiger partial charge in [-0.25, -0.2) is 9.98 Å². The summed E-state index contributed by atoms with van der Waals surface area (Å²) < 4.78 is 0. The summed E-state index contributed by atoms with van der Waals surface area (Å²) in [6, 6.07) is 0. The Labute approximate surface area is 171 Å². The standard InChI is InChI=1S/C17H29N5OS.HI/c1-4-19-17(20-9-14-11-24-16(21-14)12(2)3)22-7-5-6-13(10-22)8-15(18)23;/h11-13H,4-10H2,1-3H3,(H2,18,23)(H,19,20);1H. The van der Waals surface area contributed by atoms with Crippen LogP contribution in [0.3, 0.4) is 0 Å². The Bertz CT molecular complexity index is 575. The maximum Gasteiger partial charge on any atom is 0.217 e. The number of halogens is 1. The summed E-state index contributed by atoms with van der Waals surface area (Å²) in [6.07, 6.45) is 2.58. The number of primary amides is 1. The van der Waals surface area contributed by atoms with Crippen LogP contribution in [-0.2, 0) is 11.3 Å². The van der Waals surface area contributed by atoms with Crippen LogP contribution in [0.15, 0.2) is 10.4 Å². The predicted molar refractivity (Wildman–Crippen MR) is 115 cm³/mol. The number of hydrogen-bond donors (Lipinski definition) is 2. The Morgan fingerprint density at radius 2 is 2.32 bits per heavy atom. The minimum Gasteiger partial charge on any atom is -0.370 e. The number of nitrogens with zero attached hydrogens (tertiary/aromatic N) is 3. The van der Waals surface area contributed by atoms with E-state index in [4.69, 9.17) is 10.7 Å². The maximum absolute atomic E-state index is 11.2. The predicted octanol–water partition coefficient (Wildman–Crippen LogP) is 2.94. The molecule has 0 bridgehead atoms. The SMILES string of the molecule is CCNC(=NCc1csc(C(C)C)n1)N1CCCC(CC(N)=O)C1.I. The number of nitrogens with one attached hydrogen (secondary N) is 1. The van der Waals surface area contributed by atoms with Crippen molar-refractivity contribution < 1.29 is 4.79 Å². The van der Waals surface area contributed by atoms with Gasteiger partial charge >= 0.3 is 0 Å². The van der Waals surface area contributed by atoms with Crippen LogP contribution in [0, 0.1) is 5.92 Å². The largest absolute Gasteiger partial charge is 0.370 e. The quantitative estimate of drug-likeness (QED) is 0.374. The lowest BCUT2D eigenvalue weighted by Crippen LogP contribution is -2.47. The molecule has 8 heteroatoms. The van der Waals surface area contributed by atoms with Gasteiger partial charge in [0.15, 0.2) is 5.96 Å². The fourth-order valence-corrected chi connectivity index (χ4v) is 3.78. The third kappa shape index (κ3) is 7.08. The topological polar surface area (TPSA) is 83.6 Å². The first-order valence-electron chi connectivity index (χ1n) is 8.75. The van der Waals surface area contributed by atoms with Gasteiger partial charge in [0.1, 0.15) is 0 Å². The summed E-state index contributed by atoms with van der Waals surface area (Å²) in [5.41, 5.74) is 6.37. The van der Waals surface area contributed by atoms with Crippen molar-refractivity contribution in [2.75, 3.05) is 19.6 Å². The van der Waals surface area contributed by atoms with Gasteiger partial charge < -0.3 is 16.0 Å². The van der Waals surface area contributed by atoms with Gasteiger partial charge in [0.05, 0.1) is 17.2 Å². The van der Waals surface area contributed by atoms with E-state index in [0.29, 0.717) is 24.8 Å². The first-order valence-corrected chi connectivity index (χ1v) is 9.63. The maximum atomic E-state index is 11.2. The van der Waals surface area contributed by atoms with Gasteiger partial charge in [-0.2, -0.15) is 0 Å². The van der Waals surface area contributed by atoms with E-state index in [0.717, 1.165) is 49.1 Å². The summed E-state index contributed by atoms with van der Waals surface area (Å²) in [5, 5.41) is 6.61. The van der Waals surface area contributed by atoms with Crippen LogP contribution >= 0.6 is 35.3 Å². The van der Waals surface area contributed by atoms with E-state index in [1.165, 1.54) is 0 Å². The lowest BCUT2D eigenvalue weighted by Gasteiger charge is -2.34. The van der Waals surface area contributed by atoms with Crippen molar-refractivity contribution in [1.29, 1.82) is 0 Å². The summed E-state index contributed by atoms with van der Waals surface area (Å²) >= 11 is 1.70. The molecule has 2 rings (SSSR count). The average Bonchev–Trinajstić information content (AvgIpc) is 3.00. The minimum absolute atomic E-state index is 0. The van der Waals surface area contributed by atoms with Gasteiger partial charge in [-0.3, -0.25) is 4.79 Å². The fraction of sp³-hybridized carbons (Fsp3) is 0.706. The highest BCUT2D eigenvalue weighted by atomic mass is 127. The molecule has 1 aliphatic rings. The zero-order valence-corrected chi connectivity index (χ0v) is 18.5. The third-order valence-corrected chi connectivity index (χ3v) is 5.29. The molecule has 25 heavy (non-hydrogen) atoms. The Balaban J connectivity index is 0.00000312. The van der Waals surface area contributed by atoms with E-state index in [9.17, 15) is 4.79 Å². The third-order valence-electron chi connectivity index (χ3n) is 4.10. The second-order valence-electron chi connectivity index (χ2n) is 6.63. The Morgan fingerprint density at radius 1 is 1.56 bits per heavy atom. The summed E-state index contributed by atoms with van der Waals surface area (Å²) in [6.45, 7) is 9.59. The second kappa shape index (κ2) is 10.9. The number of carbonyl (C=O) groups is 1. The van der Waals surface area contributed by atoms with Crippen LogP contribution in [-0.4, -0.2) is 41.4 Å². The summed E-state index contributed by atoms with van der Waals surface area (Å²) in [4.78, 5) is 22.8. The van der Waals surface area contributed by atoms with Gasteiger partial charge in [0, 0.05) is 37.4 Å². The lowest BCUT2D eigenvalue weighted by molar-refractivity contribution is -0.119. The first kappa shape index (κ1) is 22.1. The molecule has 0 radical (unpaired) electrons. The van der Waals surface area contributed by atoms with Crippen molar-refractivity contribution in [3.63, 3.8) is 0 Å². The highest BCUT2D eigenvalue weighted by molar-refractivity contribution is 14.0. The molecule has 0 saturated carbocycles. The Hall–Kier alpha value is -0.900. The van der Waals surface area contributed by atoms with Crippen molar-refractivity contribution in [2.45, 2.75) is 52.5 Å². The zero-order valence-electron chi connectivity index (χ0n) is 15.3. The average molecular weight is 479 g/mol.